The van der Waals surface area contributed by atoms with Gasteiger partial charge in [0.1, 0.15) is 11.5 Å². The standard InChI is InChI=1S/C14H14O4/c1-18-14(17)7-5-12-11-4-3-10(15)8-9(11)2-6-13(12)16/h2-4,6,8,15-16H,5,7H2,1H3. The lowest BCUT2D eigenvalue weighted by Crippen LogP contribution is -2.02. The molecule has 94 valence electrons. The molecule has 0 heterocycles. The van der Waals surface area contributed by atoms with Gasteiger partial charge in [0.2, 0.25) is 0 Å². The quantitative estimate of drug-likeness (QED) is 0.816. The van der Waals surface area contributed by atoms with Crippen molar-refractivity contribution in [3.8, 4) is 11.5 Å². The molecule has 0 unspecified atom stereocenters. The van der Waals surface area contributed by atoms with Crippen molar-refractivity contribution in [2.45, 2.75) is 12.8 Å². The maximum absolute atomic E-state index is 11.1. The van der Waals surface area contributed by atoms with Crippen molar-refractivity contribution >= 4 is 16.7 Å². The summed E-state index contributed by atoms with van der Waals surface area (Å²) in [6, 6.07) is 8.21. The van der Waals surface area contributed by atoms with E-state index >= 15 is 0 Å². The molecule has 4 heteroatoms. The van der Waals surface area contributed by atoms with E-state index in [2.05, 4.69) is 4.74 Å². The van der Waals surface area contributed by atoms with Gasteiger partial charge in [-0.05, 0) is 35.4 Å². The fraction of sp³-hybridized carbons (Fsp3) is 0.214. The first-order valence-electron chi connectivity index (χ1n) is 5.62. The molecule has 0 amide bonds. The molecular weight excluding hydrogens is 232 g/mol. The van der Waals surface area contributed by atoms with Crippen molar-refractivity contribution in [1.29, 1.82) is 0 Å². The minimum absolute atomic E-state index is 0.150. The van der Waals surface area contributed by atoms with Crippen LogP contribution < -0.4 is 0 Å². The average Bonchev–Trinajstić information content (AvgIpc) is 2.37. The molecule has 0 atom stereocenters. The Balaban J connectivity index is 2.41. The normalized spacial score (nSPS) is 10.5. The number of hydrogen-bond donors (Lipinski definition) is 2. The second-order valence-corrected chi connectivity index (χ2v) is 4.04. The maximum atomic E-state index is 11.1. The molecule has 0 fully saturated rings. The summed E-state index contributed by atoms with van der Waals surface area (Å²) >= 11 is 0. The van der Waals surface area contributed by atoms with E-state index in [1.807, 2.05) is 0 Å². The number of rotatable bonds is 3. The third-order valence-electron chi connectivity index (χ3n) is 2.90. The molecule has 0 aliphatic rings. The molecule has 2 aromatic rings. The van der Waals surface area contributed by atoms with Crippen molar-refractivity contribution < 1.29 is 19.7 Å². The summed E-state index contributed by atoms with van der Waals surface area (Å²) in [5.41, 5.74) is 0.693. The number of fused-ring (bicyclic) bond motifs is 1. The molecule has 0 aliphatic carbocycles. The second-order valence-electron chi connectivity index (χ2n) is 4.04. The summed E-state index contributed by atoms with van der Waals surface area (Å²) in [7, 11) is 1.34. The molecule has 0 radical (unpaired) electrons. The molecule has 4 nitrogen and oxygen atoms in total. The Morgan fingerprint density at radius 2 is 2.00 bits per heavy atom. The Kier molecular flexibility index (Phi) is 3.37. The van der Waals surface area contributed by atoms with Gasteiger partial charge in [-0.3, -0.25) is 4.79 Å². The lowest BCUT2D eigenvalue weighted by atomic mass is 9.99. The summed E-state index contributed by atoms with van der Waals surface area (Å²) in [5, 5.41) is 20.9. The lowest BCUT2D eigenvalue weighted by molar-refractivity contribution is -0.140. The molecule has 0 spiro atoms. The van der Waals surface area contributed by atoms with E-state index < -0.39 is 0 Å². The predicted molar refractivity (Wildman–Crippen MR) is 67.6 cm³/mol. The highest BCUT2D eigenvalue weighted by molar-refractivity contribution is 5.89. The smallest absolute Gasteiger partial charge is 0.305 e. The van der Waals surface area contributed by atoms with Crippen molar-refractivity contribution in [2.75, 3.05) is 7.11 Å². The molecule has 0 aromatic heterocycles. The largest absolute Gasteiger partial charge is 0.508 e. The highest BCUT2D eigenvalue weighted by Gasteiger charge is 2.10. The minimum Gasteiger partial charge on any atom is -0.508 e. The average molecular weight is 246 g/mol. The Labute approximate surface area is 104 Å². The highest BCUT2D eigenvalue weighted by atomic mass is 16.5. The van der Waals surface area contributed by atoms with Gasteiger partial charge in [-0.1, -0.05) is 12.1 Å². The molecule has 0 saturated carbocycles. The molecule has 0 saturated heterocycles. The number of methoxy groups -OCH3 is 1. The van der Waals surface area contributed by atoms with E-state index in [1.54, 1.807) is 30.3 Å². The van der Waals surface area contributed by atoms with Gasteiger partial charge in [0.25, 0.3) is 0 Å². The van der Waals surface area contributed by atoms with E-state index in [9.17, 15) is 15.0 Å². The summed E-state index contributed by atoms with van der Waals surface area (Å²) < 4.78 is 4.58. The van der Waals surface area contributed by atoms with Crippen LogP contribution in [0.1, 0.15) is 12.0 Å². The minimum atomic E-state index is -0.315. The second kappa shape index (κ2) is 4.96. The Hall–Kier alpha value is -2.23. The zero-order valence-corrected chi connectivity index (χ0v) is 10.0. The van der Waals surface area contributed by atoms with Crippen LogP contribution >= 0.6 is 0 Å². The van der Waals surface area contributed by atoms with Crippen LogP contribution in [0.25, 0.3) is 10.8 Å². The number of aromatic hydroxyl groups is 2. The van der Waals surface area contributed by atoms with Crippen LogP contribution in [0.2, 0.25) is 0 Å². The van der Waals surface area contributed by atoms with Crippen molar-refractivity contribution in [2.24, 2.45) is 0 Å². The molecular formula is C14H14O4. The molecule has 2 rings (SSSR count). The molecule has 2 aromatic carbocycles. The summed E-state index contributed by atoms with van der Waals surface area (Å²) in [5.74, 6) is 0.00869. The number of carbonyl (C=O) groups excluding carboxylic acids is 1. The van der Waals surface area contributed by atoms with Gasteiger partial charge < -0.3 is 14.9 Å². The first-order valence-corrected chi connectivity index (χ1v) is 5.62. The first kappa shape index (κ1) is 12.2. The van der Waals surface area contributed by atoms with E-state index in [1.165, 1.54) is 7.11 Å². The molecule has 18 heavy (non-hydrogen) atoms. The molecule has 2 N–H and O–H groups in total. The Morgan fingerprint density at radius 3 is 2.72 bits per heavy atom. The summed E-state index contributed by atoms with van der Waals surface area (Å²) in [4.78, 5) is 11.1. The number of carbonyl (C=O) groups is 1. The van der Waals surface area contributed by atoms with Gasteiger partial charge in [0.15, 0.2) is 0 Å². The monoisotopic (exact) mass is 246 g/mol. The fourth-order valence-corrected chi connectivity index (χ4v) is 1.96. The van der Waals surface area contributed by atoms with Crippen LogP contribution in [0, 0.1) is 0 Å². The molecule has 0 bridgehead atoms. The van der Waals surface area contributed by atoms with Crippen LogP contribution in [0.15, 0.2) is 30.3 Å². The van der Waals surface area contributed by atoms with E-state index in [4.69, 9.17) is 0 Å². The van der Waals surface area contributed by atoms with Crippen molar-refractivity contribution in [3.05, 3.63) is 35.9 Å². The number of hydrogen-bond acceptors (Lipinski definition) is 4. The highest BCUT2D eigenvalue weighted by Crippen LogP contribution is 2.30. The topological polar surface area (TPSA) is 66.8 Å². The van der Waals surface area contributed by atoms with Gasteiger partial charge in [0.05, 0.1) is 7.11 Å². The lowest BCUT2D eigenvalue weighted by Gasteiger charge is -2.09. The first-order chi connectivity index (χ1) is 8.61. The van der Waals surface area contributed by atoms with Gasteiger partial charge in [-0.15, -0.1) is 0 Å². The maximum Gasteiger partial charge on any atom is 0.305 e. The number of esters is 1. The van der Waals surface area contributed by atoms with Crippen LogP contribution in [0.3, 0.4) is 0 Å². The van der Waals surface area contributed by atoms with Gasteiger partial charge in [-0.2, -0.15) is 0 Å². The molecule has 0 aliphatic heterocycles. The van der Waals surface area contributed by atoms with Crippen LogP contribution in [-0.4, -0.2) is 23.3 Å². The van der Waals surface area contributed by atoms with E-state index in [0.717, 1.165) is 10.8 Å². The SMILES string of the molecule is COC(=O)CCc1c(O)ccc2cc(O)ccc12. The number of phenols is 2. The van der Waals surface area contributed by atoms with E-state index in [0.29, 0.717) is 12.0 Å². The zero-order valence-electron chi connectivity index (χ0n) is 10.0. The van der Waals surface area contributed by atoms with Crippen molar-refractivity contribution in [1.82, 2.24) is 0 Å². The zero-order chi connectivity index (χ0) is 13.1. The van der Waals surface area contributed by atoms with Gasteiger partial charge >= 0.3 is 5.97 Å². The third-order valence-corrected chi connectivity index (χ3v) is 2.90. The summed E-state index contributed by atoms with van der Waals surface area (Å²) in [6.07, 6.45) is 0.616. The third kappa shape index (κ3) is 2.37. The Bertz CT molecular complexity index is 590. The van der Waals surface area contributed by atoms with Crippen LogP contribution in [0.4, 0.5) is 0 Å². The van der Waals surface area contributed by atoms with Gasteiger partial charge in [0, 0.05) is 12.0 Å². The summed E-state index contributed by atoms with van der Waals surface area (Å²) in [6.45, 7) is 0. The Morgan fingerprint density at radius 1 is 1.22 bits per heavy atom. The van der Waals surface area contributed by atoms with Crippen LogP contribution in [0.5, 0.6) is 11.5 Å². The van der Waals surface area contributed by atoms with Crippen molar-refractivity contribution in [3.63, 3.8) is 0 Å². The van der Waals surface area contributed by atoms with E-state index in [-0.39, 0.29) is 23.9 Å². The van der Waals surface area contributed by atoms with Gasteiger partial charge in [-0.25, -0.2) is 0 Å². The predicted octanol–water partition coefficient (Wildman–Crippen LogP) is 2.36. The fourth-order valence-electron chi connectivity index (χ4n) is 1.96. The number of ether oxygens (including phenoxy) is 1. The number of benzene rings is 2. The number of phenolic OH excluding ortho intramolecular Hbond substituents is 2. The van der Waals surface area contributed by atoms with Crippen LogP contribution in [-0.2, 0) is 16.0 Å². The number of aryl methyl sites for hydroxylation is 1.